The van der Waals surface area contributed by atoms with Gasteiger partial charge >= 0.3 is 0 Å². The van der Waals surface area contributed by atoms with E-state index >= 15 is 0 Å². The minimum atomic E-state index is -0.0952. The lowest BCUT2D eigenvalue weighted by molar-refractivity contribution is -0.120. The first-order valence-electron chi connectivity index (χ1n) is 7.98. The maximum absolute atomic E-state index is 12.2. The number of rotatable bonds is 8. The lowest BCUT2D eigenvalue weighted by Crippen LogP contribution is -2.27. The Morgan fingerprint density at radius 3 is 2.31 bits per heavy atom. The predicted molar refractivity (Wildman–Crippen MR) is 106 cm³/mol. The van der Waals surface area contributed by atoms with Crippen LogP contribution in [0.15, 0.2) is 34.8 Å². The fraction of sp³-hybridized carbons (Fsp3) is 0.316. The molecule has 1 N–H and O–H groups in total. The van der Waals surface area contributed by atoms with Gasteiger partial charge in [-0.1, -0.05) is 27.5 Å². The zero-order chi connectivity index (χ0) is 19.1. The highest BCUT2D eigenvalue weighted by Gasteiger charge is 2.12. The zero-order valence-corrected chi connectivity index (χ0v) is 17.2. The summed E-state index contributed by atoms with van der Waals surface area (Å²) < 4.78 is 16.8. The van der Waals surface area contributed by atoms with Gasteiger partial charge in [0, 0.05) is 21.6 Å². The van der Waals surface area contributed by atoms with E-state index in [2.05, 4.69) is 21.2 Å². The first kappa shape index (κ1) is 20.4. The summed E-state index contributed by atoms with van der Waals surface area (Å²) in [6, 6.07) is 8.98. The van der Waals surface area contributed by atoms with Crippen molar-refractivity contribution in [1.82, 2.24) is 5.32 Å². The van der Waals surface area contributed by atoms with Gasteiger partial charge in [0.1, 0.15) is 5.75 Å². The highest BCUT2D eigenvalue weighted by molar-refractivity contribution is 9.10. The van der Waals surface area contributed by atoms with Crippen LogP contribution >= 0.6 is 27.5 Å². The Morgan fingerprint density at radius 1 is 1.00 bits per heavy atom. The van der Waals surface area contributed by atoms with E-state index in [1.807, 2.05) is 12.1 Å². The van der Waals surface area contributed by atoms with Crippen molar-refractivity contribution in [3.8, 4) is 17.2 Å². The molecule has 7 heteroatoms. The Kier molecular flexibility index (Phi) is 7.60. The van der Waals surface area contributed by atoms with Crippen molar-refractivity contribution >= 4 is 33.4 Å². The van der Waals surface area contributed by atoms with Crippen molar-refractivity contribution in [2.24, 2.45) is 0 Å². The Hall–Kier alpha value is -1.92. The first-order chi connectivity index (χ1) is 12.5. The smallest absolute Gasteiger partial charge is 0.224 e. The number of nitrogens with one attached hydrogen (secondary N) is 1. The number of carbonyl (C=O) groups excluding carboxylic acids is 1. The highest BCUT2D eigenvalue weighted by Crippen LogP contribution is 2.33. The van der Waals surface area contributed by atoms with Crippen LogP contribution < -0.4 is 19.5 Å². The minimum absolute atomic E-state index is 0.0952. The number of halogens is 2. The molecule has 0 atom stereocenters. The third kappa shape index (κ3) is 5.29. The summed E-state index contributed by atoms with van der Waals surface area (Å²) in [5.41, 5.74) is 1.77. The van der Waals surface area contributed by atoms with Gasteiger partial charge in [-0.3, -0.25) is 4.79 Å². The van der Waals surface area contributed by atoms with Crippen LogP contribution in [-0.2, 0) is 17.6 Å². The van der Waals surface area contributed by atoms with Gasteiger partial charge < -0.3 is 19.5 Å². The van der Waals surface area contributed by atoms with Crippen LogP contribution in [0.25, 0.3) is 0 Å². The molecular formula is C19H21BrClNO4. The summed E-state index contributed by atoms with van der Waals surface area (Å²) in [6.45, 7) is 0.496. The maximum atomic E-state index is 12.2. The van der Waals surface area contributed by atoms with Crippen LogP contribution in [0.3, 0.4) is 0 Å². The quantitative estimate of drug-likeness (QED) is 0.671. The van der Waals surface area contributed by atoms with Crippen LogP contribution in [0.2, 0.25) is 5.02 Å². The molecule has 0 spiro atoms. The Bertz CT molecular complexity index is 782. The number of benzene rings is 2. The number of hydrogen-bond donors (Lipinski definition) is 1. The van der Waals surface area contributed by atoms with E-state index in [0.717, 1.165) is 15.6 Å². The average molecular weight is 443 g/mol. The second-order valence-corrected chi connectivity index (χ2v) is 6.82. The molecular weight excluding hydrogens is 422 g/mol. The molecule has 2 aromatic rings. The second-order valence-electron chi connectivity index (χ2n) is 5.53. The van der Waals surface area contributed by atoms with Crippen LogP contribution in [0.1, 0.15) is 11.1 Å². The van der Waals surface area contributed by atoms with E-state index in [1.165, 1.54) is 0 Å². The lowest BCUT2D eigenvalue weighted by atomic mass is 10.1. The minimum Gasteiger partial charge on any atom is -0.496 e. The van der Waals surface area contributed by atoms with Gasteiger partial charge in [0.05, 0.1) is 27.8 Å². The fourth-order valence-electron chi connectivity index (χ4n) is 2.55. The van der Waals surface area contributed by atoms with Crippen LogP contribution in [0.5, 0.6) is 17.2 Å². The van der Waals surface area contributed by atoms with Crippen molar-refractivity contribution in [1.29, 1.82) is 0 Å². The van der Waals surface area contributed by atoms with Gasteiger partial charge in [-0.2, -0.15) is 0 Å². The van der Waals surface area contributed by atoms with Gasteiger partial charge in [-0.15, -0.1) is 0 Å². The predicted octanol–water partition coefficient (Wildman–Crippen LogP) is 4.03. The number of methoxy groups -OCH3 is 3. The average Bonchev–Trinajstić information content (AvgIpc) is 2.62. The summed E-state index contributed by atoms with van der Waals surface area (Å²) in [6.07, 6.45) is 0.857. The SMILES string of the molecule is COc1ccc(Cl)cc1CC(=O)NCCc1cc(OC)c(OC)cc1Br. The molecule has 26 heavy (non-hydrogen) atoms. The topological polar surface area (TPSA) is 56.8 Å². The van der Waals surface area contributed by atoms with Gasteiger partial charge in [-0.05, 0) is 42.3 Å². The van der Waals surface area contributed by atoms with Crippen LogP contribution in [-0.4, -0.2) is 33.8 Å². The molecule has 0 unspecified atom stereocenters. The standard InChI is InChI=1S/C19H21BrClNO4/c1-24-16-5-4-14(21)8-13(16)10-19(23)22-7-6-12-9-17(25-2)18(26-3)11-15(12)20/h4-5,8-9,11H,6-7,10H2,1-3H3,(H,22,23). The summed E-state index contributed by atoms with van der Waals surface area (Å²) in [4.78, 5) is 12.2. The number of hydrogen-bond acceptors (Lipinski definition) is 4. The molecule has 0 fully saturated rings. The highest BCUT2D eigenvalue weighted by atomic mass is 79.9. The van der Waals surface area contributed by atoms with Gasteiger partial charge in [0.2, 0.25) is 5.91 Å². The molecule has 0 heterocycles. The Labute approximate surface area is 166 Å². The summed E-state index contributed by atoms with van der Waals surface area (Å²) >= 11 is 9.52. The number of amides is 1. The second kappa shape index (κ2) is 9.69. The number of carbonyl (C=O) groups is 1. The molecule has 0 saturated heterocycles. The van der Waals surface area contributed by atoms with E-state index in [-0.39, 0.29) is 12.3 Å². The van der Waals surface area contributed by atoms with Gasteiger partial charge in [0.25, 0.3) is 0 Å². The van der Waals surface area contributed by atoms with Crippen LogP contribution in [0, 0.1) is 0 Å². The molecule has 5 nitrogen and oxygen atoms in total. The van der Waals surface area contributed by atoms with Crippen LogP contribution in [0.4, 0.5) is 0 Å². The van der Waals surface area contributed by atoms with E-state index in [4.69, 9.17) is 25.8 Å². The van der Waals surface area contributed by atoms with Crippen molar-refractivity contribution < 1.29 is 19.0 Å². The zero-order valence-electron chi connectivity index (χ0n) is 14.9. The molecule has 2 rings (SSSR count). The van der Waals surface area contributed by atoms with E-state index in [1.54, 1.807) is 39.5 Å². The van der Waals surface area contributed by atoms with Gasteiger partial charge in [-0.25, -0.2) is 0 Å². The molecule has 0 aliphatic rings. The molecule has 0 saturated carbocycles. The molecule has 1 amide bonds. The maximum Gasteiger partial charge on any atom is 0.224 e. The molecule has 140 valence electrons. The summed E-state index contributed by atoms with van der Waals surface area (Å²) in [5.74, 6) is 1.86. The summed E-state index contributed by atoms with van der Waals surface area (Å²) in [5, 5.41) is 3.49. The van der Waals surface area contributed by atoms with Crippen molar-refractivity contribution in [3.05, 3.63) is 51.0 Å². The van der Waals surface area contributed by atoms with Crippen molar-refractivity contribution in [3.63, 3.8) is 0 Å². The lowest BCUT2D eigenvalue weighted by Gasteiger charge is -2.13. The van der Waals surface area contributed by atoms with Gasteiger partial charge in [0.15, 0.2) is 11.5 Å². The largest absolute Gasteiger partial charge is 0.496 e. The first-order valence-corrected chi connectivity index (χ1v) is 9.15. The Morgan fingerprint density at radius 2 is 1.65 bits per heavy atom. The number of ether oxygens (including phenoxy) is 3. The fourth-order valence-corrected chi connectivity index (χ4v) is 3.26. The normalized spacial score (nSPS) is 10.3. The Balaban J connectivity index is 1.96. The third-order valence-electron chi connectivity index (χ3n) is 3.86. The van der Waals surface area contributed by atoms with E-state index in [9.17, 15) is 4.79 Å². The monoisotopic (exact) mass is 441 g/mol. The molecule has 0 aliphatic heterocycles. The van der Waals surface area contributed by atoms with Crippen molar-refractivity contribution in [2.75, 3.05) is 27.9 Å². The third-order valence-corrected chi connectivity index (χ3v) is 4.84. The molecule has 0 aromatic heterocycles. The molecule has 2 aromatic carbocycles. The molecule has 0 aliphatic carbocycles. The van der Waals surface area contributed by atoms with E-state index < -0.39 is 0 Å². The molecule has 0 radical (unpaired) electrons. The van der Waals surface area contributed by atoms with E-state index in [0.29, 0.717) is 35.2 Å². The summed E-state index contributed by atoms with van der Waals surface area (Å²) in [7, 11) is 4.75. The molecule has 0 bridgehead atoms. The van der Waals surface area contributed by atoms with Crippen molar-refractivity contribution in [2.45, 2.75) is 12.8 Å².